The number of aryl methyl sites for hydroxylation is 4. The number of hydrogen-bond donors (Lipinski definition) is 0. The molecule has 6 nitrogen and oxygen atoms in total. The quantitative estimate of drug-likeness (QED) is 0.400. The highest BCUT2D eigenvalue weighted by Gasteiger charge is 2.37. The molecule has 1 atom stereocenters. The predicted molar refractivity (Wildman–Crippen MR) is 137 cm³/mol. The summed E-state index contributed by atoms with van der Waals surface area (Å²) in [5, 5.41) is 9.55. The summed E-state index contributed by atoms with van der Waals surface area (Å²) in [4.78, 5) is 20.0. The average molecular weight is 477 g/mol. The van der Waals surface area contributed by atoms with Crippen LogP contribution < -0.4 is 9.64 Å². The molecule has 4 rings (SSSR count). The van der Waals surface area contributed by atoms with Crippen LogP contribution in [-0.4, -0.2) is 26.8 Å². The molecule has 2 heterocycles. The molecule has 0 saturated heterocycles. The van der Waals surface area contributed by atoms with Gasteiger partial charge in [-0.3, -0.25) is 9.69 Å². The molecule has 34 heavy (non-hydrogen) atoms. The van der Waals surface area contributed by atoms with E-state index in [1.54, 1.807) is 16.7 Å². The third-order valence-corrected chi connectivity index (χ3v) is 7.12. The van der Waals surface area contributed by atoms with Gasteiger partial charge in [0.15, 0.2) is 5.69 Å². The summed E-state index contributed by atoms with van der Waals surface area (Å²) in [6, 6.07) is 10.4. The maximum atomic E-state index is 13.5. The van der Waals surface area contributed by atoms with Crippen molar-refractivity contribution in [2.24, 2.45) is 5.92 Å². The molecule has 3 aromatic rings. The number of nitrogens with zero attached hydrogens (tertiary/aromatic N) is 4. The summed E-state index contributed by atoms with van der Waals surface area (Å²) in [5.74, 6) is 1.77. The average Bonchev–Trinajstić information content (AvgIpc) is 2.93. The fourth-order valence-corrected chi connectivity index (χ4v) is 4.97. The Morgan fingerprint density at radius 3 is 2.53 bits per heavy atom. The molecule has 1 aliphatic rings. The van der Waals surface area contributed by atoms with Crippen LogP contribution in [0.15, 0.2) is 35.5 Å². The third kappa shape index (κ3) is 4.67. The molecule has 0 aliphatic carbocycles. The van der Waals surface area contributed by atoms with E-state index < -0.39 is 6.23 Å². The van der Waals surface area contributed by atoms with Crippen LogP contribution in [0.5, 0.6) is 5.88 Å². The standard InChI is InChI=1S/C27H32N4O2S/c1-8-22(32)31-24-19(7)11-17(5)13-21(24)23-25(28-27(30-29-23)34-14-15(2)3)33-26(31)20-12-16(4)9-10-18(20)6/h9-13,15,26H,8,14H2,1-7H3. The first-order valence-corrected chi connectivity index (χ1v) is 12.7. The van der Waals surface area contributed by atoms with Crippen molar-refractivity contribution >= 4 is 23.4 Å². The molecular weight excluding hydrogens is 444 g/mol. The zero-order chi connectivity index (χ0) is 24.6. The molecular formula is C27H32N4O2S. The first kappa shape index (κ1) is 24.2. The Morgan fingerprint density at radius 2 is 1.82 bits per heavy atom. The van der Waals surface area contributed by atoms with E-state index in [9.17, 15) is 4.79 Å². The van der Waals surface area contributed by atoms with E-state index in [1.165, 1.54) is 0 Å². The van der Waals surface area contributed by atoms with Gasteiger partial charge >= 0.3 is 0 Å². The molecule has 7 heteroatoms. The number of amides is 1. The Labute approximate surface area is 206 Å². The van der Waals surface area contributed by atoms with E-state index in [2.05, 4.69) is 48.3 Å². The number of carbonyl (C=O) groups excluding carboxylic acids is 1. The van der Waals surface area contributed by atoms with E-state index in [0.717, 1.165) is 44.8 Å². The van der Waals surface area contributed by atoms with Gasteiger partial charge in [0.1, 0.15) is 0 Å². The minimum atomic E-state index is -0.659. The van der Waals surface area contributed by atoms with Gasteiger partial charge in [-0.25, -0.2) is 0 Å². The summed E-state index contributed by atoms with van der Waals surface area (Å²) >= 11 is 1.56. The number of ether oxygens (including phenoxy) is 1. The molecule has 1 aromatic heterocycles. The van der Waals surface area contributed by atoms with E-state index in [4.69, 9.17) is 9.72 Å². The Balaban J connectivity index is 1.99. The molecule has 0 bridgehead atoms. The lowest BCUT2D eigenvalue weighted by molar-refractivity contribution is -0.120. The van der Waals surface area contributed by atoms with Crippen LogP contribution in [0.25, 0.3) is 11.3 Å². The van der Waals surface area contributed by atoms with Crippen LogP contribution >= 0.6 is 11.8 Å². The number of hydrogen-bond acceptors (Lipinski definition) is 6. The number of carbonyl (C=O) groups is 1. The van der Waals surface area contributed by atoms with Crippen molar-refractivity contribution in [1.82, 2.24) is 15.2 Å². The number of thioether (sulfide) groups is 1. The highest BCUT2D eigenvalue weighted by molar-refractivity contribution is 7.99. The van der Waals surface area contributed by atoms with E-state index >= 15 is 0 Å². The first-order chi connectivity index (χ1) is 16.2. The minimum absolute atomic E-state index is 0.0192. The fraction of sp³-hybridized carbons (Fsp3) is 0.407. The lowest BCUT2D eigenvalue weighted by Gasteiger charge is -2.32. The van der Waals surface area contributed by atoms with Crippen molar-refractivity contribution in [2.45, 2.75) is 66.3 Å². The number of aromatic nitrogens is 3. The molecule has 178 valence electrons. The maximum absolute atomic E-state index is 13.5. The number of rotatable bonds is 5. The normalized spacial score (nSPS) is 14.9. The second kappa shape index (κ2) is 9.74. The zero-order valence-electron chi connectivity index (χ0n) is 21.0. The van der Waals surface area contributed by atoms with Crippen LogP contribution in [0.1, 0.15) is 61.2 Å². The van der Waals surface area contributed by atoms with Crippen LogP contribution in [0, 0.1) is 33.6 Å². The van der Waals surface area contributed by atoms with Gasteiger partial charge in [0.2, 0.25) is 23.2 Å². The third-order valence-electron chi connectivity index (χ3n) is 5.85. The Kier molecular flexibility index (Phi) is 6.94. The van der Waals surface area contributed by atoms with Crippen LogP contribution in [0.4, 0.5) is 5.69 Å². The van der Waals surface area contributed by atoms with Gasteiger partial charge in [0.25, 0.3) is 0 Å². The van der Waals surface area contributed by atoms with Gasteiger partial charge in [-0.15, -0.1) is 10.2 Å². The molecule has 2 aromatic carbocycles. The summed E-state index contributed by atoms with van der Waals surface area (Å²) < 4.78 is 6.62. The van der Waals surface area contributed by atoms with Gasteiger partial charge < -0.3 is 4.74 Å². The Hall–Kier alpha value is -2.93. The van der Waals surface area contributed by atoms with Gasteiger partial charge in [0, 0.05) is 23.3 Å². The lowest BCUT2D eigenvalue weighted by atomic mass is 9.98. The molecule has 0 N–H and O–H groups in total. The second-order valence-corrected chi connectivity index (χ2v) is 10.4. The van der Waals surface area contributed by atoms with E-state index in [-0.39, 0.29) is 5.91 Å². The van der Waals surface area contributed by atoms with Crippen molar-refractivity contribution in [2.75, 3.05) is 10.7 Å². The van der Waals surface area contributed by atoms with E-state index in [0.29, 0.717) is 29.1 Å². The molecule has 0 spiro atoms. The molecule has 1 aliphatic heterocycles. The molecule has 0 radical (unpaired) electrons. The van der Waals surface area contributed by atoms with Crippen molar-refractivity contribution in [3.05, 3.63) is 58.1 Å². The topological polar surface area (TPSA) is 68.2 Å². The van der Waals surface area contributed by atoms with Crippen molar-refractivity contribution in [1.29, 1.82) is 0 Å². The van der Waals surface area contributed by atoms with Crippen molar-refractivity contribution in [3.8, 4) is 17.1 Å². The monoisotopic (exact) mass is 476 g/mol. The largest absolute Gasteiger partial charge is 0.447 e. The second-order valence-electron chi connectivity index (χ2n) is 9.38. The molecule has 0 fully saturated rings. The van der Waals surface area contributed by atoms with Gasteiger partial charge in [-0.05, 0) is 50.8 Å². The Morgan fingerprint density at radius 1 is 1.06 bits per heavy atom. The first-order valence-electron chi connectivity index (χ1n) is 11.7. The van der Waals surface area contributed by atoms with Crippen LogP contribution in [0.3, 0.4) is 0 Å². The van der Waals surface area contributed by atoms with Gasteiger partial charge in [0.05, 0.1) is 5.69 Å². The summed E-state index contributed by atoms with van der Waals surface area (Å²) in [7, 11) is 0. The van der Waals surface area contributed by atoms with Gasteiger partial charge in [-0.2, -0.15) is 4.98 Å². The fourth-order valence-electron chi connectivity index (χ4n) is 4.24. The number of fused-ring (bicyclic) bond motifs is 3. The smallest absolute Gasteiger partial charge is 0.247 e. The SMILES string of the molecule is CCC(=O)N1c2c(C)cc(C)cc2-c2nnc(SCC(C)C)nc2OC1c1cc(C)ccc1C. The summed E-state index contributed by atoms with van der Waals surface area (Å²) in [6.45, 7) is 14.4. The van der Waals surface area contributed by atoms with Gasteiger partial charge in [-0.1, -0.05) is 67.9 Å². The zero-order valence-corrected chi connectivity index (χ0v) is 21.8. The highest BCUT2D eigenvalue weighted by atomic mass is 32.2. The summed E-state index contributed by atoms with van der Waals surface area (Å²) in [6.07, 6.45) is -0.309. The lowest BCUT2D eigenvalue weighted by Crippen LogP contribution is -2.38. The highest BCUT2D eigenvalue weighted by Crippen LogP contribution is 2.46. The molecule has 1 unspecified atom stereocenters. The molecule has 1 amide bonds. The summed E-state index contributed by atoms with van der Waals surface area (Å²) in [5.41, 5.74) is 7.36. The number of anilines is 1. The van der Waals surface area contributed by atoms with Crippen LogP contribution in [0.2, 0.25) is 0 Å². The molecule has 0 saturated carbocycles. The minimum Gasteiger partial charge on any atom is -0.447 e. The van der Waals surface area contributed by atoms with Crippen LogP contribution in [-0.2, 0) is 4.79 Å². The maximum Gasteiger partial charge on any atom is 0.247 e. The predicted octanol–water partition coefficient (Wildman–Crippen LogP) is 6.35. The van der Waals surface area contributed by atoms with Crippen molar-refractivity contribution < 1.29 is 9.53 Å². The van der Waals surface area contributed by atoms with Crippen molar-refractivity contribution in [3.63, 3.8) is 0 Å². The number of benzene rings is 2. The Bertz CT molecular complexity index is 1240. The van der Waals surface area contributed by atoms with E-state index in [1.807, 2.05) is 40.7 Å².